The summed E-state index contributed by atoms with van der Waals surface area (Å²) in [4.78, 5) is 12.1. The SMILES string of the molecule is N#C/C(=C/C1=Cc2ccccc2OC1)C(=O)NCc1ccco1. The Hall–Kier alpha value is -3.26. The summed E-state index contributed by atoms with van der Waals surface area (Å²) in [5.41, 5.74) is 1.73. The monoisotopic (exact) mass is 306 g/mol. The van der Waals surface area contributed by atoms with E-state index in [1.807, 2.05) is 36.4 Å². The zero-order valence-electron chi connectivity index (χ0n) is 12.3. The van der Waals surface area contributed by atoms with Gasteiger partial charge in [0.2, 0.25) is 0 Å². The van der Waals surface area contributed by atoms with E-state index in [4.69, 9.17) is 9.15 Å². The van der Waals surface area contributed by atoms with E-state index in [1.165, 1.54) is 6.26 Å². The molecule has 1 aromatic carbocycles. The topological polar surface area (TPSA) is 75.3 Å². The summed E-state index contributed by atoms with van der Waals surface area (Å²) in [5.74, 6) is 0.985. The molecule has 0 spiro atoms. The van der Waals surface area contributed by atoms with Crippen LogP contribution in [0.25, 0.3) is 6.08 Å². The van der Waals surface area contributed by atoms with Crippen LogP contribution in [0.15, 0.2) is 64.3 Å². The molecule has 0 bridgehead atoms. The molecule has 0 saturated carbocycles. The quantitative estimate of drug-likeness (QED) is 0.696. The average molecular weight is 306 g/mol. The molecule has 114 valence electrons. The van der Waals surface area contributed by atoms with Crippen molar-refractivity contribution in [1.82, 2.24) is 5.32 Å². The summed E-state index contributed by atoms with van der Waals surface area (Å²) in [6.45, 7) is 0.566. The Labute approximate surface area is 133 Å². The van der Waals surface area contributed by atoms with Crippen molar-refractivity contribution in [2.45, 2.75) is 6.54 Å². The Morgan fingerprint density at radius 2 is 2.17 bits per heavy atom. The maximum Gasteiger partial charge on any atom is 0.262 e. The van der Waals surface area contributed by atoms with E-state index < -0.39 is 5.91 Å². The first-order valence-corrected chi connectivity index (χ1v) is 7.11. The molecule has 1 amide bonds. The smallest absolute Gasteiger partial charge is 0.262 e. The van der Waals surface area contributed by atoms with Crippen molar-refractivity contribution in [3.05, 3.63) is 71.2 Å². The normalized spacial score (nSPS) is 13.3. The molecule has 0 saturated heterocycles. The standard InChI is InChI=1S/C18H14N2O3/c19-10-15(18(21)20-11-16-5-3-7-22-16)9-13-8-14-4-1-2-6-17(14)23-12-13/h1-9H,11-12H2,(H,20,21)/b15-9-. The second kappa shape index (κ2) is 6.67. The van der Waals surface area contributed by atoms with Gasteiger partial charge < -0.3 is 14.5 Å². The predicted molar refractivity (Wildman–Crippen MR) is 84.2 cm³/mol. The largest absolute Gasteiger partial charge is 0.488 e. The fraction of sp³-hybridized carbons (Fsp3) is 0.111. The number of rotatable bonds is 4. The fourth-order valence-corrected chi connectivity index (χ4v) is 2.23. The van der Waals surface area contributed by atoms with Crippen LogP contribution in [0.1, 0.15) is 11.3 Å². The highest BCUT2D eigenvalue weighted by Crippen LogP contribution is 2.26. The van der Waals surface area contributed by atoms with Gasteiger partial charge in [0.05, 0.1) is 12.8 Å². The van der Waals surface area contributed by atoms with Gasteiger partial charge in [0.1, 0.15) is 29.8 Å². The molecule has 0 unspecified atom stereocenters. The molecule has 2 aromatic rings. The van der Waals surface area contributed by atoms with Crippen LogP contribution >= 0.6 is 0 Å². The number of carbonyl (C=O) groups is 1. The van der Waals surface area contributed by atoms with Gasteiger partial charge in [-0.3, -0.25) is 4.79 Å². The number of ether oxygens (including phenoxy) is 1. The second-order valence-corrected chi connectivity index (χ2v) is 4.98. The van der Waals surface area contributed by atoms with Crippen molar-refractivity contribution < 1.29 is 13.9 Å². The molecule has 5 nitrogen and oxygen atoms in total. The molecule has 5 heteroatoms. The highest BCUT2D eigenvalue weighted by molar-refractivity contribution is 5.98. The van der Waals surface area contributed by atoms with Crippen LogP contribution in [0.5, 0.6) is 5.75 Å². The molecule has 1 aliphatic heterocycles. The number of benzene rings is 1. The molecule has 2 heterocycles. The van der Waals surface area contributed by atoms with Gasteiger partial charge in [-0.1, -0.05) is 18.2 Å². The molecule has 1 N–H and O–H groups in total. The van der Waals surface area contributed by atoms with Gasteiger partial charge in [-0.05, 0) is 35.9 Å². The van der Waals surface area contributed by atoms with Gasteiger partial charge in [0, 0.05) is 5.56 Å². The summed E-state index contributed by atoms with van der Waals surface area (Å²) in [5, 5.41) is 11.9. The van der Waals surface area contributed by atoms with Crippen molar-refractivity contribution in [1.29, 1.82) is 5.26 Å². The van der Waals surface area contributed by atoms with Crippen molar-refractivity contribution >= 4 is 12.0 Å². The first-order valence-electron chi connectivity index (χ1n) is 7.11. The summed E-state index contributed by atoms with van der Waals surface area (Å²) in [6, 6.07) is 13.0. The van der Waals surface area contributed by atoms with Crippen molar-refractivity contribution in [3.8, 4) is 11.8 Å². The van der Waals surface area contributed by atoms with E-state index in [2.05, 4.69) is 5.32 Å². The van der Waals surface area contributed by atoms with Crippen LogP contribution < -0.4 is 10.1 Å². The summed E-state index contributed by atoms with van der Waals surface area (Å²) >= 11 is 0. The third-order valence-corrected chi connectivity index (χ3v) is 3.35. The molecular weight excluding hydrogens is 292 g/mol. The van der Waals surface area contributed by atoms with E-state index >= 15 is 0 Å². The highest BCUT2D eigenvalue weighted by atomic mass is 16.5. The summed E-state index contributed by atoms with van der Waals surface area (Å²) in [6.07, 6.45) is 4.99. The average Bonchev–Trinajstić information content (AvgIpc) is 3.11. The maximum atomic E-state index is 12.1. The molecule has 0 aliphatic carbocycles. The zero-order chi connectivity index (χ0) is 16.1. The first kappa shape index (κ1) is 14.7. The lowest BCUT2D eigenvalue weighted by molar-refractivity contribution is -0.117. The molecule has 3 rings (SSSR count). The molecule has 0 atom stereocenters. The number of hydrogen-bond donors (Lipinski definition) is 1. The lowest BCUT2D eigenvalue weighted by Crippen LogP contribution is -2.24. The van der Waals surface area contributed by atoms with Crippen LogP contribution in [-0.4, -0.2) is 12.5 Å². The number of nitrogens with one attached hydrogen (secondary N) is 1. The number of amides is 1. The van der Waals surface area contributed by atoms with Crippen LogP contribution in [0.4, 0.5) is 0 Å². The second-order valence-electron chi connectivity index (χ2n) is 4.98. The number of fused-ring (bicyclic) bond motifs is 1. The minimum atomic E-state index is -0.441. The van der Waals surface area contributed by atoms with Crippen LogP contribution in [-0.2, 0) is 11.3 Å². The number of nitriles is 1. The molecule has 1 aliphatic rings. The Morgan fingerprint density at radius 1 is 1.30 bits per heavy atom. The fourth-order valence-electron chi connectivity index (χ4n) is 2.23. The van der Waals surface area contributed by atoms with Crippen molar-refractivity contribution in [2.75, 3.05) is 6.61 Å². The van der Waals surface area contributed by atoms with Gasteiger partial charge in [0.15, 0.2) is 0 Å². The van der Waals surface area contributed by atoms with E-state index in [-0.39, 0.29) is 12.1 Å². The summed E-state index contributed by atoms with van der Waals surface area (Å²) in [7, 11) is 0. The Morgan fingerprint density at radius 3 is 2.96 bits per heavy atom. The highest BCUT2D eigenvalue weighted by Gasteiger charge is 2.13. The third-order valence-electron chi connectivity index (χ3n) is 3.35. The van der Waals surface area contributed by atoms with Gasteiger partial charge in [-0.2, -0.15) is 5.26 Å². The molecule has 0 radical (unpaired) electrons. The van der Waals surface area contributed by atoms with Crippen molar-refractivity contribution in [3.63, 3.8) is 0 Å². The van der Waals surface area contributed by atoms with Crippen LogP contribution in [0, 0.1) is 11.3 Å². The zero-order valence-corrected chi connectivity index (χ0v) is 12.3. The van der Waals surface area contributed by atoms with Gasteiger partial charge in [0.25, 0.3) is 5.91 Å². The van der Waals surface area contributed by atoms with Gasteiger partial charge >= 0.3 is 0 Å². The predicted octanol–water partition coefficient (Wildman–Crippen LogP) is 2.82. The van der Waals surface area contributed by atoms with E-state index in [9.17, 15) is 10.1 Å². The molecular formula is C18H14N2O3. The van der Waals surface area contributed by atoms with E-state index in [0.717, 1.165) is 16.9 Å². The Balaban J connectivity index is 1.73. The number of furan rings is 1. The van der Waals surface area contributed by atoms with Crippen LogP contribution in [0.3, 0.4) is 0 Å². The third kappa shape index (κ3) is 3.50. The van der Waals surface area contributed by atoms with E-state index in [1.54, 1.807) is 18.2 Å². The number of nitrogens with zero attached hydrogens (tertiary/aromatic N) is 1. The molecule has 1 aromatic heterocycles. The van der Waals surface area contributed by atoms with E-state index in [0.29, 0.717) is 12.4 Å². The maximum absolute atomic E-state index is 12.1. The Bertz CT molecular complexity index is 811. The summed E-state index contributed by atoms with van der Waals surface area (Å²) < 4.78 is 10.7. The minimum Gasteiger partial charge on any atom is -0.488 e. The lowest BCUT2D eigenvalue weighted by atomic mass is 10.1. The van der Waals surface area contributed by atoms with Crippen molar-refractivity contribution in [2.24, 2.45) is 0 Å². The number of carbonyl (C=O) groups excluding carboxylic acids is 1. The van der Waals surface area contributed by atoms with Gasteiger partial charge in [-0.15, -0.1) is 0 Å². The number of hydrogen-bond acceptors (Lipinski definition) is 4. The van der Waals surface area contributed by atoms with Crippen LogP contribution in [0.2, 0.25) is 0 Å². The van der Waals surface area contributed by atoms with Gasteiger partial charge in [-0.25, -0.2) is 0 Å². The Kier molecular flexibility index (Phi) is 4.25. The molecule has 23 heavy (non-hydrogen) atoms. The lowest BCUT2D eigenvalue weighted by Gasteiger charge is -2.16. The minimum absolute atomic E-state index is 0.0331. The first-order chi connectivity index (χ1) is 11.3. The molecule has 0 fully saturated rings. The number of para-hydroxylation sites is 1.